The van der Waals surface area contributed by atoms with Gasteiger partial charge in [-0.25, -0.2) is 0 Å². The van der Waals surface area contributed by atoms with Crippen molar-refractivity contribution in [3.63, 3.8) is 0 Å². The fourth-order valence-electron chi connectivity index (χ4n) is 1.88. The summed E-state index contributed by atoms with van der Waals surface area (Å²) in [5.74, 6) is 0.741. The molecule has 0 aliphatic rings. The van der Waals surface area contributed by atoms with Gasteiger partial charge in [0, 0.05) is 12.2 Å². The molecule has 0 spiro atoms. The molecule has 0 aromatic heterocycles. The highest BCUT2D eigenvalue weighted by Gasteiger charge is 2.04. The first-order valence-corrected chi connectivity index (χ1v) is 5.86. The Balaban J connectivity index is 2.77. The van der Waals surface area contributed by atoms with Crippen molar-refractivity contribution in [3.8, 4) is 0 Å². The maximum Gasteiger partial charge on any atom is 0.0399 e. The zero-order valence-corrected chi connectivity index (χ0v) is 10.6. The second-order valence-electron chi connectivity index (χ2n) is 4.67. The van der Waals surface area contributed by atoms with Gasteiger partial charge < -0.3 is 5.32 Å². The molecule has 0 radical (unpaired) electrons. The third kappa shape index (κ3) is 3.26. The Morgan fingerprint density at radius 3 is 2.13 bits per heavy atom. The van der Waals surface area contributed by atoms with Crippen LogP contribution < -0.4 is 5.32 Å². The summed E-state index contributed by atoms with van der Waals surface area (Å²) in [6, 6.07) is 4.48. The van der Waals surface area contributed by atoms with E-state index in [-0.39, 0.29) is 0 Å². The van der Waals surface area contributed by atoms with Crippen LogP contribution in [0.2, 0.25) is 0 Å². The van der Waals surface area contributed by atoms with Gasteiger partial charge in [0.25, 0.3) is 0 Å². The van der Waals surface area contributed by atoms with Crippen molar-refractivity contribution in [2.75, 3.05) is 11.9 Å². The number of hydrogen-bond donors (Lipinski definition) is 1. The van der Waals surface area contributed by atoms with Crippen LogP contribution >= 0.6 is 0 Å². The van der Waals surface area contributed by atoms with Crippen LogP contribution in [0.15, 0.2) is 12.1 Å². The number of nitrogens with one attached hydrogen (secondary N) is 1. The molecule has 84 valence electrons. The first-order chi connectivity index (χ1) is 7.04. The summed E-state index contributed by atoms with van der Waals surface area (Å²) in [6.07, 6.45) is 1.23. The highest BCUT2D eigenvalue weighted by atomic mass is 14.9. The van der Waals surface area contributed by atoms with Crippen molar-refractivity contribution in [2.45, 2.75) is 41.0 Å². The van der Waals surface area contributed by atoms with Crippen molar-refractivity contribution in [1.82, 2.24) is 0 Å². The molecule has 1 N–H and O–H groups in total. The fraction of sp³-hybridized carbons (Fsp3) is 0.571. The largest absolute Gasteiger partial charge is 0.384 e. The molecule has 0 aliphatic carbocycles. The van der Waals surface area contributed by atoms with Crippen molar-refractivity contribution in [1.29, 1.82) is 0 Å². The molecule has 0 saturated heterocycles. The lowest BCUT2D eigenvalue weighted by molar-refractivity contribution is 0.593. The van der Waals surface area contributed by atoms with Crippen LogP contribution in [0.1, 0.15) is 37.0 Å². The second-order valence-corrected chi connectivity index (χ2v) is 4.67. The Bertz CT molecular complexity index is 305. The average molecular weight is 205 g/mol. The number of hydrogen-bond acceptors (Lipinski definition) is 1. The molecule has 0 amide bonds. The SMILES string of the molecule is CCC(C)CNc1c(C)cc(C)cc1C. The molecule has 0 aliphatic heterocycles. The highest BCUT2D eigenvalue weighted by Crippen LogP contribution is 2.22. The normalized spacial score (nSPS) is 12.6. The third-order valence-corrected chi connectivity index (χ3v) is 3.00. The van der Waals surface area contributed by atoms with Gasteiger partial charge in [0.15, 0.2) is 0 Å². The van der Waals surface area contributed by atoms with E-state index >= 15 is 0 Å². The van der Waals surface area contributed by atoms with E-state index < -0.39 is 0 Å². The van der Waals surface area contributed by atoms with Gasteiger partial charge in [-0.2, -0.15) is 0 Å². The Hall–Kier alpha value is -0.980. The van der Waals surface area contributed by atoms with E-state index in [0.29, 0.717) is 0 Å². The monoisotopic (exact) mass is 205 g/mol. The van der Waals surface area contributed by atoms with Crippen LogP contribution in [0.5, 0.6) is 0 Å². The molecule has 1 unspecified atom stereocenters. The molecule has 1 nitrogen and oxygen atoms in total. The summed E-state index contributed by atoms with van der Waals surface area (Å²) in [7, 11) is 0. The number of rotatable bonds is 4. The zero-order chi connectivity index (χ0) is 11.4. The number of benzene rings is 1. The summed E-state index contributed by atoms with van der Waals surface area (Å²) in [4.78, 5) is 0. The van der Waals surface area contributed by atoms with E-state index in [1.807, 2.05) is 0 Å². The molecule has 15 heavy (non-hydrogen) atoms. The van der Waals surface area contributed by atoms with Crippen molar-refractivity contribution in [3.05, 3.63) is 28.8 Å². The lowest BCUT2D eigenvalue weighted by Crippen LogP contribution is -2.12. The van der Waals surface area contributed by atoms with Crippen LogP contribution in [-0.4, -0.2) is 6.54 Å². The zero-order valence-electron chi connectivity index (χ0n) is 10.6. The summed E-state index contributed by atoms with van der Waals surface area (Å²) in [5.41, 5.74) is 5.38. The predicted molar refractivity (Wildman–Crippen MR) is 68.6 cm³/mol. The van der Waals surface area contributed by atoms with Gasteiger partial charge in [-0.15, -0.1) is 0 Å². The van der Waals surface area contributed by atoms with E-state index in [4.69, 9.17) is 0 Å². The minimum Gasteiger partial charge on any atom is -0.384 e. The molecule has 1 rings (SSSR count). The fourth-order valence-corrected chi connectivity index (χ4v) is 1.88. The molecule has 1 atom stereocenters. The van der Waals surface area contributed by atoms with Gasteiger partial charge in [0.1, 0.15) is 0 Å². The minimum absolute atomic E-state index is 0.741. The summed E-state index contributed by atoms with van der Waals surface area (Å²) >= 11 is 0. The van der Waals surface area contributed by atoms with Crippen molar-refractivity contribution >= 4 is 5.69 Å². The van der Waals surface area contributed by atoms with E-state index in [2.05, 4.69) is 52.1 Å². The molecular formula is C14H23N. The molecule has 1 heteroatoms. The average Bonchev–Trinajstić information content (AvgIpc) is 2.15. The first-order valence-electron chi connectivity index (χ1n) is 5.86. The maximum atomic E-state index is 3.56. The van der Waals surface area contributed by atoms with Gasteiger partial charge >= 0.3 is 0 Å². The first kappa shape index (κ1) is 12.1. The summed E-state index contributed by atoms with van der Waals surface area (Å²) in [5, 5.41) is 3.56. The topological polar surface area (TPSA) is 12.0 Å². The standard InChI is InChI=1S/C14H23N/c1-6-10(2)9-15-14-12(4)7-11(3)8-13(14)5/h7-8,10,15H,6,9H2,1-5H3. The van der Waals surface area contributed by atoms with Crippen LogP contribution in [0.25, 0.3) is 0 Å². The van der Waals surface area contributed by atoms with Gasteiger partial charge in [-0.05, 0) is 37.8 Å². The van der Waals surface area contributed by atoms with Crippen molar-refractivity contribution < 1.29 is 0 Å². The second kappa shape index (κ2) is 5.20. The number of anilines is 1. The van der Waals surface area contributed by atoms with Gasteiger partial charge in [0.05, 0.1) is 0 Å². The quantitative estimate of drug-likeness (QED) is 0.781. The van der Waals surface area contributed by atoms with E-state index in [1.54, 1.807) is 0 Å². The Morgan fingerprint density at radius 2 is 1.67 bits per heavy atom. The third-order valence-electron chi connectivity index (χ3n) is 3.00. The Labute approximate surface area is 93.9 Å². The van der Waals surface area contributed by atoms with E-state index in [0.717, 1.165) is 12.5 Å². The molecular weight excluding hydrogens is 182 g/mol. The van der Waals surface area contributed by atoms with Gasteiger partial charge in [-0.1, -0.05) is 38.0 Å². The van der Waals surface area contributed by atoms with Crippen LogP contribution in [0.3, 0.4) is 0 Å². The highest BCUT2D eigenvalue weighted by molar-refractivity contribution is 5.58. The maximum absolute atomic E-state index is 3.56. The Kier molecular flexibility index (Phi) is 4.19. The molecule has 1 aromatic rings. The lowest BCUT2D eigenvalue weighted by atomic mass is 10.0. The predicted octanol–water partition coefficient (Wildman–Crippen LogP) is 4.07. The van der Waals surface area contributed by atoms with Crippen LogP contribution in [0, 0.1) is 26.7 Å². The molecule has 0 saturated carbocycles. The molecule has 1 aromatic carbocycles. The van der Waals surface area contributed by atoms with E-state index in [9.17, 15) is 0 Å². The van der Waals surface area contributed by atoms with Gasteiger partial charge in [-0.3, -0.25) is 0 Å². The lowest BCUT2D eigenvalue weighted by Gasteiger charge is -2.16. The summed E-state index contributed by atoms with van der Waals surface area (Å²) < 4.78 is 0. The summed E-state index contributed by atoms with van der Waals surface area (Å²) in [6.45, 7) is 12.1. The Morgan fingerprint density at radius 1 is 1.13 bits per heavy atom. The van der Waals surface area contributed by atoms with Crippen LogP contribution in [-0.2, 0) is 0 Å². The molecule has 0 bridgehead atoms. The minimum atomic E-state index is 0.741. The smallest absolute Gasteiger partial charge is 0.0399 e. The van der Waals surface area contributed by atoms with Gasteiger partial charge in [0.2, 0.25) is 0 Å². The molecule has 0 fully saturated rings. The van der Waals surface area contributed by atoms with E-state index in [1.165, 1.54) is 28.8 Å². The van der Waals surface area contributed by atoms with Crippen LogP contribution in [0.4, 0.5) is 5.69 Å². The molecule has 0 heterocycles. The van der Waals surface area contributed by atoms with Crippen molar-refractivity contribution in [2.24, 2.45) is 5.92 Å². The number of aryl methyl sites for hydroxylation is 3.